The number of nitrogens with zero attached hydrogens (tertiary/aromatic N) is 1. The molecule has 2 rings (SSSR count). The fourth-order valence-corrected chi connectivity index (χ4v) is 2.64. The minimum absolute atomic E-state index is 0.770. The van der Waals surface area contributed by atoms with Gasteiger partial charge in [0, 0.05) is 30.9 Å². The first-order valence-electron chi connectivity index (χ1n) is 7.41. The van der Waals surface area contributed by atoms with Crippen molar-refractivity contribution >= 4 is 28.6 Å². The van der Waals surface area contributed by atoms with Gasteiger partial charge >= 0.3 is 0 Å². The van der Waals surface area contributed by atoms with E-state index < -0.39 is 0 Å². The molecule has 0 aliphatic carbocycles. The van der Waals surface area contributed by atoms with Gasteiger partial charge in [0.05, 0.1) is 4.99 Å². The van der Waals surface area contributed by atoms with Crippen LogP contribution in [0.25, 0.3) is 0 Å². The maximum Gasteiger partial charge on any atom is 0.0841 e. The van der Waals surface area contributed by atoms with E-state index >= 15 is 0 Å². The average Bonchev–Trinajstić information content (AvgIpc) is 2.50. The first-order valence-corrected chi connectivity index (χ1v) is 7.82. The van der Waals surface area contributed by atoms with Crippen molar-refractivity contribution < 1.29 is 0 Å². The highest BCUT2D eigenvalue weighted by atomic mass is 32.1. The van der Waals surface area contributed by atoms with Gasteiger partial charge in [0.1, 0.15) is 0 Å². The van der Waals surface area contributed by atoms with Crippen LogP contribution in [-0.2, 0) is 6.42 Å². The van der Waals surface area contributed by atoms with Gasteiger partial charge in [-0.15, -0.1) is 0 Å². The predicted molar refractivity (Wildman–Crippen MR) is 96.4 cm³/mol. The Morgan fingerprint density at radius 3 is 2.38 bits per heavy atom. The van der Waals surface area contributed by atoms with Crippen LogP contribution in [0.5, 0.6) is 0 Å². The van der Waals surface area contributed by atoms with Gasteiger partial charge in [-0.1, -0.05) is 48.6 Å². The maximum atomic E-state index is 5.46. The summed E-state index contributed by atoms with van der Waals surface area (Å²) in [6.07, 6.45) is 0.770. The van der Waals surface area contributed by atoms with Gasteiger partial charge in [-0.05, 0) is 37.6 Å². The van der Waals surface area contributed by atoms with Crippen molar-refractivity contribution in [2.45, 2.75) is 20.3 Å². The summed E-state index contributed by atoms with van der Waals surface area (Å²) in [6.45, 7) is 6.36. The Morgan fingerprint density at radius 1 is 1.00 bits per heavy atom. The van der Waals surface area contributed by atoms with Crippen LogP contribution in [0.15, 0.2) is 54.6 Å². The van der Waals surface area contributed by atoms with E-state index in [0.717, 1.165) is 30.2 Å². The van der Waals surface area contributed by atoms with Gasteiger partial charge in [0.15, 0.2) is 0 Å². The molecule has 0 saturated carbocycles. The first kappa shape index (κ1) is 15.5. The Kier molecular flexibility index (Phi) is 5.76. The number of hydrogen-bond acceptors (Lipinski definition) is 2. The van der Waals surface area contributed by atoms with E-state index in [0.29, 0.717) is 0 Å². The highest BCUT2D eigenvalue weighted by Gasteiger charge is 2.04. The molecule has 0 fully saturated rings. The van der Waals surface area contributed by atoms with Crippen molar-refractivity contribution in [3.63, 3.8) is 0 Å². The second-order valence-electron chi connectivity index (χ2n) is 4.93. The smallest absolute Gasteiger partial charge is 0.0841 e. The quantitative estimate of drug-likeness (QED) is 0.790. The Balaban J connectivity index is 2.02. The lowest BCUT2D eigenvalue weighted by Gasteiger charge is -2.21. The summed E-state index contributed by atoms with van der Waals surface area (Å²) < 4.78 is 0. The molecule has 1 N–H and O–H groups in total. The van der Waals surface area contributed by atoms with Crippen molar-refractivity contribution in [1.29, 1.82) is 0 Å². The molecular formula is C18H22N2S. The highest BCUT2D eigenvalue weighted by molar-refractivity contribution is 7.80. The summed E-state index contributed by atoms with van der Waals surface area (Å²) in [5, 5.41) is 3.34. The third kappa shape index (κ3) is 4.57. The third-order valence-electron chi connectivity index (χ3n) is 3.47. The molecule has 2 nitrogen and oxygen atoms in total. The summed E-state index contributed by atoms with van der Waals surface area (Å²) in [5.41, 5.74) is 3.52. The van der Waals surface area contributed by atoms with Crippen LogP contribution in [0, 0.1) is 0 Å². The van der Waals surface area contributed by atoms with E-state index in [2.05, 4.69) is 60.5 Å². The Labute approximate surface area is 132 Å². The lowest BCUT2D eigenvalue weighted by atomic mass is 10.1. The van der Waals surface area contributed by atoms with E-state index in [1.807, 2.05) is 18.2 Å². The average molecular weight is 298 g/mol. The largest absolute Gasteiger partial charge is 0.372 e. The highest BCUT2D eigenvalue weighted by Crippen LogP contribution is 2.19. The third-order valence-corrected chi connectivity index (χ3v) is 3.71. The molecule has 0 radical (unpaired) electrons. The molecule has 2 aromatic rings. The molecular weight excluding hydrogens is 276 g/mol. The van der Waals surface area contributed by atoms with Crippen molar-refractivity contribution in [1.82, 2.24) is 0 Å². The van der Waals surface area contributed by atoms with Gasteiger partial charge in [0.25, 0.3) is 0 Å². The van der Waals surface area contributed by atoms with Crippen molar-refractivity contribution in [3.8, 4) is 0 Å². The zero-order chi connectivity index (χ0) is 15.1. The van der Waals surface area contributed by atoms with Gasteiger partial charge in [-0.2, -0.15) is 0 Å². The van der Waals surface area contributed by atoms with Crippen LogP contribution in [0.3, 0.4) is 0 Å². The summed E-state index contributed by atoms with van der Waals surface area (Å²) in [4.78, 5) is 3.17. The van der Waals surface area contributed by atoms with Crippen LogP contribution in [0.4, 0.5) is 11.4 Å². The number of benzene rings is 2. The molecule has 0 amide bonds. The van der Waals surface area contributed by atoms with Crippen molar-refractivity contribution in [3.05, 3.63) is 60.2 Å². The minimum Gasteiger partial charge on any atom is -0.372 e. The SMILES string of the molecule is CCN(CC)c1cccc(NC(=S)Cc2ccccc2)c1. The summed E-state index contributed by atoms with van der Waals surface area (Å²) in [7, 11) is 0. The van der Waals surface area contributed by atoms with Crippen LogP contribution < -0.4 is 10.2 Å². The van der Waals surface area contributed by atoms with Crippen LogP contribution in [-0.4, -0.2) is 18.1 Å². The van der Waals surface area contributed by atoms with Crippen LogP contribution in [0.2, 0.25) is 0 Å². The summed E-state index contributed by atoms with van der Waals surface area (Å²) >= 11 is 5.46. The van der Waals surface area contributed by atoms with E-state index in [-0.39, 0.29) is 0 Å². The summed E-state index contributed by atoms with van der Waals surface area (Å²) in [5.74, 6) is 0. The molecule has 0 bridgehead atoms. The minimum atomic E-state index is 0.770. The molecule has 0 aromatic heterocycles. The summed E-state index contributed by atoms with van der Waals surface area (Å²) in [6, 6.07) is 18.7. The molecule has 21 heavy (non-hydrogen) atoms. The lowest BCUT2D eigenvalue weighted by Crippen LogP contribution is -2.22. The van der Waals surface area contributed by atoms with Gasteiger partial charge in [-0.3, -0.25) is 0 Å². The Morgan fingerprint density at radius 2 is 1.71 bits per heavy atom. The van der Waals surface area contributed by atoms with Crippen LogP contribution in [0.1, 0.15) is 19.4 Å². The number of anilines is 2. The van der Waals surface area contributed by atoms with E-state index in [1.165, 1.54) is 11.3 Å². The van der Waals surface area contributed by atoms with Gasteiger partial charge in [-0.25, -0.2) is 0 Å². The molecule has 110 valence electrons. The second kappa shape index (κ2) is 7.79. The Hall–Kier alpha value is -1.87. The lowest BCUT2D eigenvalue weighted by molar-refractivity contribution is 0.866. The molecule has 0 spiro atoms. The normalized spacial score (nSPS) is 10.2. The number of thiocarbonyl (C=S) groups is 1. The van der Waals surface area contributed by atoms with Crippen molar-refractivity contribution in [2.24, 2.45) is 0 Å². The number of nitrogens with one attached hydrogen (secondary N) is 1. The predicted octanol–water partition coefficient (Wildman–Crippen LogP) is 4.51. The van der Waals surface area contributed by atoms with Gasteiger partial charge in [0.2, 0.25) is 0 Å². The zero-order valence-electron chi connectivity index (χ0n) is 12.7. The molecule has 0 aliphatic rings. The van der Waals surface area contributed by atoms with Crippen molar-refractivity contribution in [2.75, 3.05) is 23.3 Å². The molecule has 0 atom stereocenters. The van der Waals surface area contributed by atoms with E-state index in [9.17, 15) is 0 Å². The fourth-order valence-electron chi connectivity index (χ4n) is 2.36. The molecule has 0 unspecified atom stereocenters. The molecule has 3 heteroatoms. The topological polar surface area (TPSA) is 15.3 Å². The molecule has 2 aromatic carbocycles. The monoisotopic (exact) mass is 298 g/mol. The van der Waals surface area contributed by atoms with E-state index in [4.69, 9.17) is 12.2 Å². The standard InChI is InChI=1S/C18H22N2S/c1-3-20(4-2)17-12-8-11-16(14-17)19-18(21)13-15-9-6-5-7-10-15/h5-12,14H,3-4,13H2,1-2H3,(H,19,21). The zero-order valence-corrected chi connectivity index (χ0v) is 13.5. The Bertz CT molecular complexity index is 577. The number of rotatable bonds is 6. The maximum absolute atomic E-state index is 5.46. The second-order valence-corrected chi connectivity index (χ2v) is 5.43. The number of hydrogen-bond donors (Lipinski definition) is 1. The molecule has 0 aliphatic heterocycles. The fraction of sp³-hybridized carbons (Fsp3) is 0.278. The van der Waals surface area contributed by atoms with Gasteiger partial charge < -0.3 is 10.2 Å². The first-order chi connectivity index (χ1) is 10.2. The molecule has 0 saturated heterocycles. The van der Waals surface area contributed by atoms with E-state index in [1.54, 1.807) is 0 Å². The molecule has 0 heterocycles. The van der Waals surface area contributed by atoms with Crippen LogP contribution >= 0.6 is 12.2 Å².